The van der Waals surface area contributed by atoms with Crippen LogP contribution < -0.4 is 0 Å². The molecule has 3 unspecified atom stereocenters. The van der Waals surface area contributed by atoms with Crippen molar-refractivity contribution in [1.82, 2.24) is 0 Å². The van der Waals surface area contributed by atoms with E-state index in [0.29, 0.717) is 19.3 Å². The molecule has 3 atom stereocenters. The van der Waals surface area contributed by atoms with Gasteiger partial charge in [-0.15, -0.1) is 0 Å². The molecule has 74 heavy (non-hydrogen) atoms. The minimum absolute atomic E-state index is 0.107. The highest BCUT2D eigenvalue weighted by Gasteiger charge is 2.28. The zero-order chi connectivity index (χ0) is 54.1. The number of esters is 3. The maximum Gasteiger partial charge on any atom is 0.472 e. The van der Waals surface area contributed by atoms with Crippen LogP contribution in [0, 0.1) is 0 Å². The Balaban J connectivity index is 4.81. The Hall–Kier alpha value is -3.86. The Kier molecular flexibility index (Phi) is 52.5. The lowest BCUT2D eigenvalue weighted by molar-refractivity contribution is -0.161. The summed E-state index contributed by atoms with van der Waals surface area (Å²) in [6.45, 7) is 4.31. The van der Waals surface area contributed by atoms with Gasteiger partial charge >= 0.3 is 25.7 Å². The van der Waals surface area contributed by atoms with Gasteiger partial charge in [0.1, 0.15) is 12.7 Å². The molecular formula is C62H103O11P. The van der Waals surface area contributed by atoms with Gasteiger partial charge in [-0.05, 0) is 122 Å². The summed E-state index contributed by atoms with van der Waals surface area (Å²) in [5.74, 6) is -1.55. The number of unbranched alkanes of at least 4 members (excludes halogenated alkanes) is 17. The first-order chi connectivity index (χ1) is 36.2. The minimum atomic E-state index is -4.77. The van der Waals surface area contributed by atoms with Gasteiger partial charge in [-0.25, -0.2) is 4.57 Å². The number of carbonyl (C=O) groups excluding carboxylic acids is 3. The molecule has 12 heteroatoms. The number of allylic oxidation sites excluding steroid dienone is 18. The lowest BCUT2D eigenvalue weighted by atomic mass is 10.1. The van der Waals surface area contributed by atoms with E-state index in [1.54, 1.807) is 0 Å². The molecule has 11 nitrogen and oxygen atoms in total. The average Bonchev–Trinajstić information content (AvgIpc) is 3.39. The molecule has 0 fully saturated rings. The summed E-state index contributed by atoms with van der Waals surface area (Å²) in [4.78, 5) is 48.5. The van der Waals surface area contributed by atoms with E-state index in [0.717, 1.165) is 128 Å². The first-order valence-corrected chi connectivity index (χ1v) is 30.3. The third-order valence-corrected chi connectivity index (χ3v) is 12.6. The van der Waals surface area contributed by atoms with Gasteiger partial charge in [-0.1, -0.05) is 194 Å². The number of phosphoric ester groups is 1. The summed E-state index contributed by atoms with van der Waals surface area (Å²) in [5.41, 5.74) is 0. The summed E-state index contributed by atoms with van der Waals surface area (Å²) >= 11 is 0. The largest absolute Gasteiger partial charge is 0.472 e. The molecule has 0 aliphatic carbocycles. The Bertz CT molecular complexity index is 1660. The Morgan fingerprint density at radius 2 is 0.703 bits per heavy atom. The van der Waals surface area contributed by atoms with E-state index in [1.807, 2.05) is 0 Å². The van der Waals surface area contributed by atoms with Crippen molar-refractivity contribution in [2.24, 2.45) is 0 Å². The predicted molar refractivity (Wildman–Crippen MR) is 307 cm³/mol. The fourth-order valence-electron chi connectivity index (χ4n) is 7.33. The van der Waals surface area contributed by atoms with Gasteiger partial charge in [0.25, 0.3) is 0 Å². The standard InChI is InChI=1S/C62H103O11P/c1-4-7-10-13-16-19-22-25-28-29-32-33-36-39-42-45-48-51-60(64)69-55-59(73-62(66)53-50-47-44-41-38-35-31-27-24-21-18-15-12-9-6-3)57-71-74(67,68)70-56-58(54-63)72-61(65)52-49-46-43-40-37-34-30-26-23-20-17-14-11-8-5-2/h8-9,11-12,16-21,25-28,30-31,38,41,58-59,63H,4-7,10,13-15,22-24,29,32-37,39-40,42-57H2,1-3H3,(H,67,68)/b11-8-,12-9-,19-16-,20-17-,21-18-,28-25-,30-26-,31-27-,41-38-. The summed E-state index contributed by atoms with van der Waals surface area (Å²) in [5, 5.41) is 9.81. The average molecular weight is 1060 g/mol. The SMILES string of the molecule is CC/C=C\C/C=C\C/C=C\C/C=C\CCCCC(=O)OC(COC(=O)CCCCCCCCC/C=C\C/C=C\CCCCC)COP(=O)(O)OCC(CO)OC(=O)CCCCCCC/C=C\C/C=C\C/C=C\CC. The van der Waals surface area contributed by atoms with E-state index in [4.69, 9.17) is 23.3 Å². The fourth-order valence-corrected chi connectivity index (χ4v) is 8.12. The van der Waals surface area contributed by atoms with Crippen molar-refractivity contribution in [2.45, 2.75) is 238 Å². The van der Waals surface area contributed by atoms with Crippen molar-refractivity contribution in [2.75, 3.05) is 26.4 Å². The normalized spacial score (nSPS) is 14.2. The number of aliphatic hydroxyl groups excluding tert-OH is 1. The highest BCUT2D eigenvalue weighted by Crippen LogP contribution is 2.43. The van der Waals surface area contributed by atoms with E-state index >= 15 is 0 Å². The van der Waals surface area contributed by atoms with Gasteiger partial charge in [-0.2, -0.15) is 0 Å². The number of hydrogen-bond donors (Lipinski definition) is 2. The molecule has 0 aromatic carbocycles. The monoisotopic (exact) mass is 1050 g/mol. The molecule has 0 heterocycles. The maximum atomic E-state index is 12.9. The van der Waals surface area contributed by atoms with E-state index in [-0.39, 0.29) is 25.9 Å². The molecule has 2 N–H and O–H groups in total. The summed E-state index contributed by atoms with van der Waals surface area (Å²) in [6.07, 6.45) is 66.2. The second-order valence-corrected chi connectivity index (χ2v) is 20.1. The minimum Gasteiger partial charge on any atom is -0.462 e. The van der Waals surface area contributed by atoms with Crippen LogP contribution >= 0.6 is 7.82 Å². The van der Waals surface area contributed by atoms with Crippen LogP contribution in [0.1, 0.15) is 226 Å². The van der Waals surface area contributed by atoms with Crippen LogP contribution in [-0.4, -0.2) is 66.5 Å². The van der Waals surface area contributed by atoms with Crippen LogP contribution in [0.25, 0.3) is 0 Å². The van der Waals surface area contributed by atoms with E-state index in [2.05, 4.69) is 130 Å². The predicted octanol–water partition coefficient (Wildman–Crippen LogP) is 17.0. The summed E-state index contributed by atoms with van der Waals surface area (Å²) < 4.78 is 39.5. The molecule has 0 aromatic heterocycles. The smallest absolute Gasteiger partial charge is 0.462 e. The molecule has 0 saturated carbocycles. The number of phosphoric acid groups is 1. The maximum absolute atomic E-state index is 12.9. The number of rotatable bonds is 52. The van der Waals surface area contributed by atoms with E-state index in [9.17, 15) is 28.9 Å². The summed E-state index contributed by atoms with van der Waals surface area (Å²) in [7, 11) is -4.77. The quantitative estimate of drug-likeness (QED) is 0.0197. The molecule has 0 radical (unpaired) electrons. The third-order valence-electron chi connectivity index (χ3n) is 11.7. The van der Waals surface area contributed by atoms with Gasteiger partial charge in [-0.3, -0.25) is 23.4 Å². The van der Waals surface area contributed by atoms with Crippen LogP contribution in [0.2, 0.25) is 0 Å². The van der Waals surface area contributed by atoms with Crippen LogP contribution in [0.5, 0.6) is 0 Å². The zero-order valence-corrected chi connectivity index (χ0v) is 47.4. The Morgan fingerprint density at radius 1 is 0.392 bits per heavy atom. The van der Waals surface area contributed by atoms with Crippen LogP contribution in [0.4, 0.5) is 0 Å². The molecule has 0 aliphatic rings. The molecule has 0 aliphatic heterocycles. The van der Waals surface area contributed by atoms with Crippen LogP contribution in [-0.2, 0) is 42.2 Å². The van der Waals surface area contributed by atoms with Gasteiger partial charge in [0.2, 0.25) is 0 Å². The Morgan fingerprint density at radius 3 is 1.11 bits per heavy atom. The third kappa shape index (κ3) is 53.0. The van der Waals surface area contributed by atoms with Crippen molar-refractivity contribution in [3.8, 4) is 0 Å². The van der Waals surface area contributed by atoms with Crippen molar-refractivity contribution in [3.63, 3.8) is 0 Å². The molecule has 0 saturated heterocycles. The second kappa shape index (κ2) is 55.4. The zero-order valence-electron chi connectivity index (χ0n) is 46.5. The van der Waals surface area contributed by atoms with Gasteiger partial charge in [0.15, 0.2) is 6.10 Å². The first-order valence-electron chi connectivity index (χ1n) is 28.8. The lowest BCUT2D eigenvalue weighted by Gasteiger charge is -2.21. The van der Waals surface area contributed by atoms with Crippen molar-refractivity contribution in [3.05, 3.63) is 109 Å². The fraction of sp³-hybridized carbons (Fsp3) is 0.661. The van der Waals surface area contributed by atoms with Crippen molar-refractivity contribution in [1.29, 1.82) is 0 Å². The molecular weight excluding hydrogens is 952 g/mol. The first kappa shape index (κ1) is 70.1. The van der Waals surface area contributed by atoms with Crippen molar-refractivity contribution >= 4 is 25.7 Å². The van der Waals surface area contributed by atoms with Crippen molar-refractivity contribution < 1.29 is 52.2 Å². The van der Waals surface area contributed by atoms with Gasteiger partial charge in [0.05, 0.1) is 19.8 Å². The molecule has 0 rings (SSSR count). The van der Waals surface area contributed by atoms with Gasteiger partial charge in [0, 0.05) is 19.3 Å². The van der Waals surface area contributed by atoms with E-state index in [1.165, 1.54) is 38.5 Å². The second-order valence-electron chi connectivity index (χ2n) is 18.7. The molecule has 0 spiro atoms. The highest BCUT2D eigenvalue weighted by molar-refractivity contribution is 7.47. The lowest BCUT2D eigenvalue weighted by Crippen LogP contribution is -2.30. The topological polar surface area (TPSA) is 155 Å². The summed E-state index contributed by atoms with van der Waals surface area (Å²) in [6, 6.07) is 0. The van der Waals surface area contributed by atoms with Crippen LogP contribution in [0.15, 0.2) is 109 Å². The van der Waals surface area contributed by atoms with E-state index < -0.39 is 57.8 Å². The number of ether oxygens (including phenoxy) is 3. The molecule has 0 bridgehead atoms. The molecule has 0 amide bonds. The molecule has 422 valence electrons. The molecule has 0 aromatic rings. The van der Waals surface area contributed by atoms with Gasteiger partial charge < -0.3 is 24.2 Å². The number of carbonyl (C=O) groups is 3. The Labute approximate surface area is 450 Å². The highest BCUT2D eigenvalue weighted by atomic mass is 31.2. The van der Waals surface area contributed by atoms with Crippen LogP contribution in [0.3, 0.4) is 0 Å². The number of hydrogen-bond acceptors (Lipinski definition) is 10. The number of aliphatic hydroxyl groups is 1.